The highest BCUT2D eigenvalue weighted by atomic mass is 16.4. The van der Waals surface area contributed by atoms with E-state index in [1.807, 2.05) is 43.3 Å². The number of carbonyl (C=O) groups excluding carboxylic acids is 1. The van der Waals surface area contributed by atoms with Crippen LogP contribution in [-0.4, -0.2) is 37.3 Å². The molecule has 0 aliphatic carbocycles. The molecule has 3 aromatic rings. The molecule has 2 heterocycles. The van der Waals surface area contributed by atoms with E-state index < -0.39 is 11.5 Å². The van der Waals surface area contributed by atoms with Gasteiger partial charge in [0, 0.05) is 17.3 Å². The van der Waals surface area contributed by atoms with E-state index in [1.54, 1.807) is 24.6 Å². The van der Waals surface area contributed by atoms with Crippen LogP contribution in [0.5, 0.6) is 0 Å². The Morgan fingerprint density at radius 3 is 2.52 bits per heavy atom. The number of carboxylic acid groups (broad SMARTS) is 1. The smallest absolute Gasteiger partial charge is 0.303 e. The van der Waals surface area contributed by atoms with Crippen molar-refractivity contribution >= 4 is 22.9 Å². The Morgan fingerprint density at radius 2 is 1.85 bits per heavy atom. The van der Waals surface area contributed by atoms with E-state index in [0.717, 1.165) is 16.8 Å². The average molecular weight is 366 g/mol. The Kier molecular flexibility index (Phi) is 4.94. The van der Waals surface area contributed by atoms with Crippen LogP contribution in [0.2, 0.25) is 0 Å². The van der Waals surface area contributed by atoms with Crippen LogP contribution < -0.4 is 5.32 Å². The third-order valence-electron chi connectivity index (χ3n) is 4.36. The zero-order valence-electron chi connectivity index (χ0n) is 15.6. The molecule has 0 aliphatic heterocycles. The van der Waals surface area contributed by atoms with Gasteiger partial charge in [0.1, 0.15) is 5.69 Å². The third kappa shape index (κ3) is 4.13. The standard InChI is InChI=1S/C20H22N4O3/c1-13-15-9-10-16(19(27)22-20(2,3)12-11-17(25)26)21-18(15)24(23-13)14-7-5-4-6-8-14/h4-10H,11-12H2,1-3H3,(H,22,27)(H,25,26). The summed E-state index contributed by atoms with van der Waals surface area (Å²) in [6.07, 6.45) is 0.317. The van der Waals surface area contributed by atoms with E-state index in [-0.39, 0.29) is 18.0 Å². The summed E-state index contributed by atoms with van der Waals surface area (Å²) in [5.41, 5.74) is 1.91. The molecule has 0 radical (unpaired) electrons. The van der Waals surface area contributed by atoms with Gasteiger partial charge >= 0.3 is 5.97 Å². The molecule has 7 nitrogen and oxygen atoms in total. The summed E-state index contributed by atoms with van der Waals surface area (Å²) < 4.78 is 1.72. The molecule has 3 rings (SSSR count). The van der Waals surface area contributed by atoms with Crippen LogP contribution in [0.15, 0.2) is 42.5 Å². The average Bonchev–Trinajstić information content (AvgIpc) is 2.97. The number of fused-ring (bicyclic) bond motifs is 1. The third-order valence-corrected chi connectivity index (χ3v) is 4.36. The summed E-state index contributed by atoms with van der Waals surface area (Å²) in [4.78, 5) is 28.0. The fourth-order valence-corrected chi connectivity index (χ4v) is 2.87. The molecule has 2 N–H and O–H groups in total. The van der Waals surface area contributed by atoms with Crippen LogP contribution >= 0.6 is 0 Å². The fourth-order valence-electron chi connectivity index (χ4n) is 2.87. The van der Waals surface area contributed by atoms with Gasteiger partial charge in [0.15, 0.2) is 5.65 Å². The number of benzene rings is 1. The van der Waals surface area contributed by atoms with E-state index in [9.17, 15) is 9.59 Å². The molecule has 0 spiro atoms. The monoisotopic (exact) mass is 366 g/mol. The molecular formula is C20H22N4O3. The predicted octanol–water partition coefficient (Wildman–Crippen LogP) is 3.10. The second-order valence-electron chi connectivity index (χ2n) is 7.13. The molecule has 7 heteroatoms. The molecule has 0 unspecified atom stereocenters. The number of amides is 1. The van der Waals surface area contributed by atoms with Gasteiger partial charge in [0.25, 0.3) is 5.91 Å². The fraction of sp³-hybridized carbons (Fsp3) is 0.300. The number of hydrogen-bond donors (Lipinski definition) is 2. The van der Waals surface area contributed by atoms with Gasteiger partial charge in [0.05, 0.1) is 11.4 Å². The molecule has 0 saturated carbocycles. The number of rotatable bonds is 6. The van der Waals surface area contributed by atoms with Gasteiger partial charge in [-0.05, 0) is 51.5 Å². The summed E-state index contributed by atoms with van der Waals surface area (Å²) in [6.45, 7) is 5.49. The van der Waals surface area contributed by atoms with Gasteiger partial charge in [-0.2, -0.15) is 5.10 Å². The number of aromatic nitrogens is 3. The van der Waals surface area contributed by atoms with Crippen molar-refractivity contribution in [1.29, 1.82) is 0 Å². The maximum Gasteiger partial charge on any atom is 0.303 e. The van der Waals surface area contributed by atoms with Crippen LogP contribution in [0.3, 0.4) is 0 Å². The summed E-state index contributed by atoms with van der Waals surface area (Å²) in [7, 11) is 0. The number of nitrogens with zero attached hydrogens (tertiary/aromatic N) is 3. The maximum absolute atomic E-state index is 12.7. The molecular weight excluding hydrogens is 344 g/mol. The largest absolute Gasteiger partial charge is 0.481 e. The molecule has 0 atom stereocenters. The number of pyridine rings is 1. The number of nitrogens with one attached hydrogen (secondary N) is 1. The number of carbonyl (C=O) groups is 2. The van der Waals surface area contributed by atoms with E-state index in [0.29, 0.717) is 12.1 Å². The quantitative estimate of drug-likeness (QED) is 0.699. The summed E-state index contributed by atoms with van der Waals surface area (Å²) >= 11 is 0. The first-order chi connectivity index (χ1) is 12.8. The summed E-state index contributed by atoms with van der Waals surface area (Å²) in [6, 6.07) is 13.1. The number of para-hydroxylation sites is 1. The minimum Gasteiger partial charge on any atom is -0.481 e. The number of aliphatic carboxylic acids is 1. The van der Waals surface area contributed by atoms with Gasteiger partial charge < -0.3 is 10.4 Å². The Hall–Kier alpha value is -3.22. The zero-order valence-corrected chi connectivity index (χ0v) is 15.6. The van der Waals surface area contributed by atoms with Crippen molar-refractivity contribution in [3.63, 3.8) is 0 Å². The highest BCUT2D eigenvalue weighted by molar-refractivity contribution is 5.95. The highest BCUT2D eigenvalue weighted by Crippen LogP contribution is 2.21. The van der Waals surface area contributed by atoms with Crippen molar-refractivity contribution in [1.82, 2.24) is 20.1 Å². The van der Waals surface area contributed by atoms with Gasteiger partial charge in [0.2, 0.25) is 0 Å². The lowest BCUT2D eigenvalue weighted by molar-refractivity contribution is -0.137. The van der Waals surface area contributed by atoms with Crippen molar-refractivity contribution in [3.8, 4) is 5.69 Å². The lowest BCUT2D eigenvalue weighted by atomic mass is 9.98. The lowest BCUT2D eigenvalue weighted by Gasteiger charge is -2.25. The Balaban J connectivity index is 1.92. The highest BCUT2D eigenvalue weighted by Gasteiger charge is 2.23. The molecule has 0 aliphatic rings. The SMILES string of the molecule is Cc1nn(-c2ccccc2)c2nc(C(=O)NC(C)(C)CCC(=O)O)ccc12. The number of hydrogen-bond acceptors (Lipinski definition) is 4. The van der Waals surface area contributed by atoms with Crippen LogP contribution in [0.25, 0.3) is 16.7 Å². The van der Waals surface area contributed by atoms with Crippen molar-refractivity contribution in [2.75, 3.05) is 0 Å². The molecule has 1 aromatic carbocycles. The molecule has 2 aromatic heterocycles. The van der Waals surface area contributed by atoms with Gasteiger partial charge in [-0.25, -0.2) is 9.67 Å². The predicted molar refractivity (Wildman–Crippen MR) is 102 cm³/mol. The topological polar surface area (TPSA) is 97.1 Å². The van der Waals surface area contributed by atoms with E-state index in [4.69, 9.17) is 5.11 Å². The minimum atomic E-state index is -0.890. The summed E-state index contributed by atoms with van der Waals surface area (Å²) in [5, 5.41) is 17.1. The minimum absolute atomic E-state index is 0.0142. The van der Waals surface area contributed by atoms with Crippen molar-refractivity contribution in [2.45, 2.75) is 39.2 Å². The number of aryl methyl sites for hydroxylation is 1. The number of carboxylic acids is 1. The van der Waals surface area contributed by atoms with E-state index >= 15 is 0 Å². The van der Waals surface area contributed by atoms with Gasteiger partial charge in [-0.15, -0.1) is 0 Å². The lowest BCUT2D eigenvalue weighted by Crippen LogP contribution is -2.44. The van der Waals surface area contributed by atoms with Gasteiger partial charge in [-0.1, -0.05) is 18.2 Å². The Morgan fingerprint density at radius 1 is 1.15 bits per heavy atom. The van der Waals surface area contributed by atoms with Crippen LogP contribution in [-0.2, 0) is 4.79 Å². The molecule has 0 fully saturated rings. The molecule has 0 bridgehead atoms. The van der Waals surface area contributed by atoms with Crippen molar-refractivity contribution < 1.29 is 14.7 Å². The van der Waals surface area contributed by atoms with Crippen LogP contribution in [0, 0.1) is 6.92 Å². The van der Waals surface area contributed by atoms with Gasteiger partial charge in [-0.3, -0.25) is 9.59 Å². The maximum atomic E-state index is 12.7. The Labute approximate surface area is 157 Å². The van der Waals surface area contributed by atoms with Crippen LogP contribution in [0.1, 0.15) is 42.9 Å². The molecule has 27 heavy (non-hydrogen) atoms. The van der Waals surface area contributed by atoms with Crippen molar-refractivity contribution in [2.24, 2.45) is 0 Å². The molecule has 0 saturated heterocycles. The second kappa shape index (κ2) is 7.19. The van der Waals surface area contributed by atoms with E-state index in [2.05, 4.69) is 15.4 Å². The first-order valence-corrected chi connectivity index (χ1v) is 8.73. The van der Waals surface area contributed by atoms with Crippen molar-refractivity contribution in [3.05, 3.63) is 53.9 Å². The first-order valence-electron chi connectivity index (χ1n) is 8.73. The molecule has 1 amide bonds. The zero-order chi connectivity index (χ0) is 19.6. The summed E-state index contributed by atoms with van der Waals surface area (Å²) in [5.74, 6) is -1.23. The second-order valence-corrected chi connectivity index (χ2v) is 7.13. The Bertz CT molecular complexity index is 993. The first kappa shape index (κ1) is 18.6. The van der Waals surface area contributed by atoms with Crippen LogP contribution in [0.4, 0.5) is 0 Å². The molecule has 140 valence electrons. The van der Waals surface area contributed by atoms with E-state index in [1.165, 1.54) is 0 Å². The normalized spacial score (nSPS) is 11.5.